The summed E-state index contributed by atoms with van der Waals surface area (Å²) in [6.45, 7) is 2.89. The number of methoxy groups -OCH3 is 1. The van der Waals surface area contributed by atoms with Crippen LogP contribution in [-0.2, 0) is 14.3 Å². The zero-order valence-corrected chi connectivity index (χ0v) is 16.6. The molecule has 0 bridgehead atoms. The summed E-state index contributed by atoms with van der Waals surface area (Å²) in [4.78, 5) is 41.6. The Balaban J connectivity index is 1.42. The number of carbonyl (C=O) groups excluding carboxylic acids is 3. The first-order valence-electron chi connectivity index (χ1n) is 9.88. The van der Waals surface area contributed by atoms with Gasteiger partial charge in [0.1, 0.15) is 5.82 Å². The van der Waals surface area contributed by atoms with Gasteiger partial charge in [-0.05, 0) is 48.5 Å². The van der Waals surface area contributed by atoms with E-state index in [0.717, 1.165) is 36.8 Å². The van der Waals surface area contributed by atoms with Gasteiger partial charge in [-0.3, -0.25) is 9.59 Å². The lowest BCUT2D eigenvalue weighted by atomic mass is 10.1. The van der Waals surface area contributed by atoms with Crippen LogP contribution < -0.4 is 14.7 Å². The molecule has 0 spiro atoms. The maximum atomic E-state index is 13.1. The molecule has 2 fully saturated rings. The zero-order valence-electron chi connectivity index (χ0n) is 16.6. The Kier molecular flexibility index (Phi) is 5.50. The van der Waals surface area contributed by atoms with Crippen molar-refractivity contribution in [1.82, 2.24) is 0 Å². The van der Waals surface area contributed by atoms with Crippen LogP contribution in [0.3, 0.4) is 0 Å². The fourth-order valence-electron chi connectivity index (χ4n) is 4.14. The van der Waals surface area contributed by atoms with Gasteiger partial charge in [-0.15, -0.1) is 0 Å². The highest BCUT2D eigenvalue weighted by molar-refractivity contribution is 6.22. The van der Waals surface area contributed by atoms with E-state index in [4.69, 9.17) is 0 Å². The van der Waals surface area contributed by atoms with Crippen LogP contribution in [0.25, 0.3) is 0 Å². The highest BCUT2D eigenvalue weighted by Crippen LogP contribution is 2.23. The first-order valence-corrected chi connectivity index (χ1v) is 9.88. The van der Waals surface area contributed by atoms with E-state index in [1.165, 1.54) is 24.1 Å². The molecule has 4 rings (SSSR count). The molecule has 7 nitrogen and oxygen atoms in total. The lowest BCUT2D eigenvalue weighted by Gasteiger charge is -2.35. The van der Waals surface area contributed by atoms with E-state index in [2.05, 4.69) is 9.64 Å². The van der Waals surface area contributed by atoms with Gasteiger partial charge in [-0.25, -0.2) is 14.1 Å². The van der Waals surface area contributed by atoms with E-state index in [1.54, 1.807) is 36.4 Å². The van der Waals surface area contributed by atoms with Gasteiger partial charge < -0.3 is 14.5 Å². The Morgan fingerprint density at radius 3 is 2.20 bits per heavy atom. The second-order valence-corrected chi connectivity index (χ2v) is 7.48. The number of ether oxygens (including phenoxy) is 1. The minimum atomic E-state index is -0.470. The molecule has 2 amide bonds. The van der Waals surface area contributed by atoms with E-state index < -0.39 is 12.0 Å². The third-order valence-corrected chi connectivity index (χ3v) is 5.78. The molecule has 2 heterocycles. The number of nitrogens with zero attached hydrogens (tertiary/aromatic N) is 2. The second-order valence-electron chi connectivity index (χ2n) is 7.48. The number of imide groups is 1. The summed E-state index contributed by atoms with van der Waals surface area (Å²) in [6.07, 6.45) is 0.170. The van der Waals surface area contributed by atoms with E-state index in [0.29, 0.717) is 11.3 Å². The number of piperazine rings is 1. The van der Waals surface area contributed by atoms with Crippen LogP contribution in [0, 0.1) is 5.82 Å². The lowest BCUT2D eigenvalue weighted by molar-refractivity contribution is -0.915. The standard InChI is InChI=1S/C22H22FN3O4/c1-30-22(29)15-2-6-18(7-3-15)26-20(27)14-19(21(26)28)25-12-10-24(11-13-25)17-8-4-16(23)5-9-17/h2-9,19H,10-14H2,1H3/p+1/t19-/m0/s1. The van der Waals surface area contributed by atoms with Crippen LogP contribution in [0.2, 0.25) is 0 Å². The smallest absolute Gasteiger partial charge is 0.337 e. The maximum absolute atomic E-state index is 13.1. The maximum Gasteiger partial charge on any atom is 0.337 e. The number of quaternary nitrogens is 1. The van der Waals surface area contributed by atoms with Gasteiger partial charge in [-0.2, -0.15) is 0 Å². The van der Waals surface area contributed by atoms with Gasteiger partial charge in [0, 0.05) is 5.69 Å². The van der Waals surface area contributed by atoms with Crippen molar-refractivity contribution in [3.8, 4) is 0 Å². The Bertz CT molecular complexity index is 953. The predicted molar refractivity (Wildman–Crippen MR) is 108 cm³/mol. The molecule has 0 aromatic heterocycles. The van der Waals surface area contributed by atoms with E-state index >= 15 is 0 Å². The van der Waals surface area contributed by atoms with E-state index in [-0.39, 0.29) is 24.1 Å². The Hall–Kier alpha value is -3.26. The molecule has 0 unspecified atom stereocenters. The summed E-state index contributed by atoms with van der Waals surface area (Å²) in [7, 11) is 1.30. The number of esters is 1. The van der Waals surface area contributed by atoms with Gasteiger partial charge >= 0.3 is 5.97 Å². The average molecular weight is 412 g/mol. The molecule has 2 aromatic rings. The lowest BCUT2D eigenvalue weighted by Crippen LogP contribution is -3.19. The Morgan fingerprint density at radius 2 is 1.60 bits per heavy atom. The number of halogens is 1. The highest BCUT2D eigenvalue weighted by Gasteiger charge is 2.46. The number of hydrogen-bond acceptors (Lipinski definition) is 5. The molecule has 1 atom stereocenters. The molecule has 2 aliphatic rings. The number of nitrogens with one attached hydrogen (secondary N) is 1. The number of amides is 2. The number of carbonyl (C=O) groups is 3. The van der Waals surface area contributed by atoms with Crippen molar-refractivity contribution in [3.63, 3.8) is 0 Å². The summed E-state index contributed by atoms with van der Waals surface area (Å²) in [5.41, 5.74) is 1.78. The van der Waals surface area contributed by atoms with Crippen molar-refractivity contribution in [1.29, 1.82) is 0 Å². The van der Waals surface area contributed by atoms with Gasteiger partial charge in [0.05, 0.1) is 51.0 Å². The second kappa shape index (κ2) is 8.23. The fraction of sp³-hybridized carbons (Fsp3) is 0.318. The molecular formula is C22H23FN3O4+. The van der Waals surface area contributed by atoms with Crippen LogP contribution in [0.4, 0.5) is 15.8 Å². The molecule has 0 radical (unpaired) electrons. The molecule has 0 saturated carbocycles. The van der Waals surface area contributed by atoms with Gasteiger partial charge in [0.15, 0.2) is 6.04 Å². The summed E-state index contributed by atoms with van der Waals surface area (Å²) in [5, 5.41) is 0. The quantitative estimate of drug-likeness (QED) is 0.590. The molecule has 2 aromatic carbocycles. The first-order chi connectivity index (χ1) is 14.5. The molecule has 2 saturated heterocycles. The van der Waals surface area contributed by atoms with Crippen molar-refractivity contribution < 1.29 is 28.4 Å². The number of rotatable bonds is 4. The topological polar surface area (TPSA) is 71.4 Å². The van der Waals surface area contributed by atoms with Gasteiger partial charge in [-0.1, -0.05) is 0 Å². The predicted octanol–water partition coefficient (Wildman–Crippen LogP) is 0.649. The third-order valence-electron chi connectivity index (χ3n) is 5.78. The molecule has 2 aliphatic heterocycles. The van der Waals surface area contributed by atoms with Crippen molar-refractivity contribution in [2.24, 2.45) is 0 Å². The molecular weight excluding hydrogens is 389 g/mol. The van der Waals surface area contributed by atoms with E-state index in [9.17, 15) is 18.8 Å². The molecule has 156 valence electrons. The largest absolute Gasteiger partial charge is 0.465 e. The van der Waals surface area contributed by atoms with Crippen molar-refractivity contribution in [3.05, 3.63) is 59.9 Å². The monoisotopic (exact) mass is 412 g/mol. The van der Waals surface area contributed by atoms with Crippen LogP contribution >= 0.6 is 0 Å². The minimum Gasteiger partial charge on any atom is -0.465 e. The van der Waals surface area contributed by atoms with Gasteiger partial charge in [0.2, 0.25) is 5.91 Å². The first kappa shape index (κ1) is 20.0. The van der Waals surface area contributed by atoms with Crippen molar-refractivity contribution in [2.75, 3.05) is 43.1 Å². The summed E-state index contributed by atoms with van der Waals surface area (Å²) >= 11 is 0. The molecule has 30 heavy (non-hydrogen) atoms. The van der Waals surface area contributed by atoms with Crippen molar-refractivity contribution >= 4 is 29.2 Å². The SMILES string of the molecule is COC(=O)c1ccc(N2C(=O)C[C@H]([NH+]3CCN(c4ccc(F)cc4)CC3)C2=O)cc1. The average Bonchev–Trinajstić information content (AvgIpc) is 3.08. The normalized spacial score (nSPS) is 20.0. The van der Waals surface area contributed by atoms with Gasteiger partial charge in [0.25, 0.3) is 5.91 Å². The molecule has 1 N–H and O–H groups in total. The number of benzene rings is 2. The molecule has 8 heteroatoms. The van der Waals surface area contributed by atoms with Crippen molar-refractivity contribution in [2.45, 2.75) is 12.5 Å². The van der Waals surface area contributed by atoms with Crippen LogP contribution in [-0.4, -0.2) is 57.1 Å². The van der Waals surface area contributed by atoms with Crippen LogP contribution in [0.1, 0.15) is 16.8 Å². The Labute approximate surface area is 173 Å². The highest BCUT2D eigenvalue weighted by atomic mass is 19.1. The summed E-state index contributed by atoms with van der Waals surface area (Å²) in [5.74, 6) is -1.18. The number of hydrogen-bond donors (Lipinski definition) is 1. The van der Waals surface area contributed by atoms with E-state index in [1.807, 2.05) is 0 Å². The molecule has 0 aliphatic carbocycles. The zero-order chi connectivity index (χ0) is 21.3. The fourth-order valence-corrected chi connectivity index (χ4v) is 4.14. The summed E-state index contributed by atoms with van der Waals surface area (Å²) in [6, 6.07) is 12.3. The minimum absolute atomic E-state index is 0.170. The Morgan fingerprint density at radius 1 is 1.00 bits per heavy atom. The summed E-state index contributed by atoms with van der Waals surface area (Å²) < 4.78 is 17.8. The van der Waals surface area contributed by atoms with Crippen LogP contribution in [0.15, 0.2) is 48.5 Å². The number of anilines is 2. The third kappa shape index (κ3) is 3.78. The van der Waals surface area contributed by atoms with Crippen LogP contribution in [0.5, 0.6) is 0 Å².